The summed E-state index contributed by atoms with van der Waals surface area (Å²) in [5.74, 6) is -0.804. The second kappa shape index (κ2) is 6.87. The third kappa shape index (κ3) is 3.92. The van der Waals surface area contributed by atoms with Gasteiger partial charge >= 0.3 is 5.97 Å². The summed E-state index contributed by atoms with van der Waals surface area (Å²) in [5.41, 5.74) is 3.01. The van der Waals surface area contributed by atoms with Gasteiger partial charge in [-0.3, -0.25) is 14.4 Å². The fourth-order valence-electron chi connectivity index (χ4n) is 2.52. The van der Waals surface area contributed by atoms with Gasteiger partial charge in [0.15, 0.2) is 0 Å². The van der Waals surface area contributed by atoms with E-state index in [1.807, 2.05) is 47.3 Å². The van der Waals surface area contributed by atoms with Crippen LogP contribution in [0.5, 0.6) is 0 Å². The lowest BCUT2D eigenvalue weighted by atomic mass is 10.1. The lowest BCUT2D eigenvalue weighted by Gasteiger charge is -2.24. The Morgan fingerprint density at radius 3 is 2.81 bits per heavy atom. The van der Waals surface area contributed by atoms with E-state index < -0.39 is 12.0 Å². The molecule has 2 heterocycles. The fraction of sp³-hybridized carbons (Fsp3) is 0.467. The van der Waals surface area contributed by atoms with Gasteiger partial charge in [-0.2, -0.15) is 16.4 Å². The molecule has 5 nitrogen and oxygen atoms in total. The molecule has 0 fully saturated rings. The van der Waals surface area contributed by atoms with Crippen molar-refractivity contribution in [2.75, 3.05) is 13.6 Å². The van der Waals surface area contributed by atoms with Crippen LogP contribution in [0.4, 0.5) is 0 Å². The van der Waals surface area contributed by atoms with Crippen LogP contribution in [0, 0.1) is 13.8 Å². The monoisotopic (exact) mass is 307 g/mol. The van der Waals surface area contributed by atoms with E-state index in [0.29, 0.717) is 6.54 Å². The molecule has 2 aromatic heterocycles. The molecule has 1 atom stereocenters. The van der Waals surface area contributed by atoms with Crippen LogP contribution in [-0.2, 0) is 11.3 Å². The van der Waals surface area contributed by atoms with Crippen molar-refractivity contribution >= 4 is 17.3 Å². The molecule has 0 aromatic carbocycles. The Bertz CT molecular complexity index is 592. The first kappa shape index (κ1) is 15.7. The van der Waals surface area contributed by atoms with Gasteiger partial charge in [-0.05, 0) is 55.8 Å². The van der Waals surface area contributed by atoms with Gasteiger partial charge in [0, 0.05) is 18.8 Å². The Balaban J connectivity index is 1.92. The zero-order valence-electron chi connectivity index (χ0n) is 12.6. The number of hydrogen-bond acceptors (Lipinski definition) is 4. The first-order chi connectivity index (χ1) is 9.99. The average molecular weight is 307 g/mol. The van der Waals surface area contributed by atoms with Crippen molar-refractivity contribution in [2.24, 2.45) is 0 Å². The third-order valence-corrected chi connectivity index (χ3v) is 4.22. The van der Waals surface area contributed by atoms with Crippen molar-refractivity contribution in [1.29, 1.82) is 0 Å². The summed E-state index contributed by atoms with van der Waals surface area (Å²) in [4.78, 5) is 13.4. The van der Waals surface area contributed by atoms with Crippen molar-refractivity contribution in [3.63, 3.8) is 0 Å². The molecular formula is C15H21N3O2S. The van der Waals surface area contributed by atoms with Crippen LogP contribution < -0.4 is 0 Å². The molecule has 2 rings (SSSR count). The van der Waals surface area contributed by atoms with Gasteiger partial charge in [0.2, 0.25) is 0 Å². The van der Waals surface area contributed by atoms with Crippen LogP contribution in [0.1, 0.15) is 29.4 Å². The molecule has 0 spiro atoms. The Kier molecular flexibility index (Phi) is 5.14. The molecular weight excluding hydrogens is 286 g/mol. The second-order valence-corrected chi connectivity index (χ2v) is 6.06. The predicted octanol–water partition coefficient (Wildman–Crippen LogP) is 2.71. The van der Waals surface area contributed by atoms with Crippen molar-refractivity contribution < 1.29 is 9.90 Å². The van der Waals surface area contributed by atoms with Crippen LogP contribution in [0.15, 0.2) is 22.9 Å². The number of aliphatic carboxylic acids is 1. The molecule has 2 aromatic rings. The zero-order valence-corrected chi connectivity index (χ0v) is 13.4. The lowest BCUT2D eigenvalue weighted by molar-refractivity contribution is -0.143. The molecule has 0 aliphatic carbocycles. The highest BCUT2D eigenvalue weighted by atomic mass is 32.1. The molecule has 21 heavy (non-hydrogen) atoms. The van der Waals surface area contributed by atoms with Crippen molar-refractivity contribution in [2.45, 2.75) is 32.9 Å². The normalized spacial score (nSPS) is 12.8. The number of thiophene rings is 1. The van der Waals surface area contributed by atoms with Crippen LogP contribution in [0.25, 0.3) is 0 Å². The summed E-state index contributed by atoms with van der Waals surface area (Å²) in [7, 11) is 1.86. The number of likely N-dealkylation sites (N-methyl/N-ethyl adjacent to an activating group) is 1. The van der Waals surface area contributed by atoms with E-state index in [1.54, 1.807) is 0 Å². The third-order valence-electron chi connectivity index (χ3n) is 3.52. The quantitative estimate of drug-likeness (QED) is 0.854. The zero-order chi connectivity index (χ0) is 15.4. The summed E-state index contributed by atoms with van der Waals surface area (Å²) in [5, 5.41) is 17.7. The minimum atomic E-state index is -0.804. The van der Waals surface area contributed by atoms with Gasteiger partial charge in [0.05, 0.1) is 5.69 Å². The van der Waals surface area contributed by atoms with Crippen molar-refractivity contribution in [1.82, 2.24) is 14.7 Å². The first-order valence-corrected chi connectivity index (χ1v) is 7.89. The van der Waals surface area contributed by atoms with Gasteiger partial charge in [-0.25, -0.2) is 0 Å². The second-order valence-electron chi connectivity index (χ2n) is 5.28. The van der Waals surface area contributed by atoms with Crippen LogP contribution in [0.2, 0.25) is 0 Å². The molecule has 0 amide bonds. The standard InChI is InChI=1S/C15H21N3O2S/c1-11-9-12(2)18(16-11)7-4-6-17(3)14(15(19)20)13-5-8-21-10-13/h5,8-10,14H,4,6-7H2,1-3H3,(H,19,20). The summed E-state index contributed by atoms with van der Waals surface area (Å²) >= 11 is 1.52. The van der Waals surface area contributed by atoms with Gasteiger partial charge in [0.1, 0.15) is 6.04 Å². The van der Waals surface area contributed by atoms with Crippen molar-refractivity contribution in [3.05, 3.63) is 39.8 Å². The molecule has 0 radical (unpaired) electrons. The molecule has 0 saturated heterocycles. The van der Waals surface area contributed by atoms with E-state index in [0.717, 1.165) is 29.9 Å². The SMILES string of the molecule is Cc1cc(C)n(CCCN(C)C(C(=O)O)c2ccsc2)n1. The van der Waals surface area contributed by atoms with E-state index in [-0.39, 0.29) is 0 Å². The Morgan fingerprint density at radius 2 is 2.29 bits per heavy atom. The number of aryl methyl sites for hydroxylation is 3. The summed E-state index contributed by atoms with van der Waals surface area (Å²) in [6.45, 7) is 5.53. The largest absolute Gasteiger partial charge is 0.480 e. The molecule has 6 heteroatoms. The van der Waals surface area contributed by atoms with E-state index in [4.69, 9.17) is 0 Å². The van der Waals surface area contributed by atoms with Gasteiger partial charge < -0.3 is 5.11 Å². The Morgan fingerprint density at radius 1 is 1.52 bits per heavy atom. The topological polar surface area (TPSA) is 58.4 Å². The van der Waals surface area contributed by atoms with Gasteiger partial charge in [-0.15, -0.1) is 0 Å². The fourth-order valence-corrected chi connectivity index (χ4v) is 3.20. The molecule has 114 valence electrons. The number of nitrogens with zero attached hydrogens (tertiary/aromatic N) is 3. The number of carbonyl (C=O) groups is 1. The van der Waals surface area contributed by atoms with E-state index in [1.165, 1.54) is 11.3 Å². The summed E-state index contributed by atoms with van der Waals surface area (Å²) in [6, 6.07) is 3.35. The average Bonchev–Trinajstić information content (AvgIpc) is 3.00. The molecule has 0 aliphatic heterocycles. The molecule has 0 saturated carbocycles. The number of hydrogen-bond donors (Lipinski definition) is 1. The van der Waals surface area contributed by atoms with E-state index in [2.05, 4.69) is 11.2 Å². The highest BCUT2D eigenvalue weighted by Crippen LogP contribution is 2.22. The highest BCUT2D eigenvalue weighted by Gasteiger charge is 2.24. The van der Waals surface area contributed by atoms with Gasteiger partial charge in [-0.1, -0.05) is 0 Å². The number of aromatic nitrogens is 2. The first-order valence-electron chi connectivity index (χ1n) is 6.95. The van der Waals surface area contributed by atoms with Gasteiger partial charge in [0.25, 0.3) is 0 Å². The summed E-state index contributed by atoms with van der Waals surface area (Å²) in [6.07, 6.45) is 0.867. The molecule has 1 unspecified atom stereocenters. The minimum absolute atomic E-state index is 0.572. The number of carboxylic acids is 1. The van der Waals surface area contributed by atoms with Crippen LogP contribution in [0.3, 0.4) is 0 Å². The highest BCUT2D eigenvalue weighted by molar-refractivity contribution is 7.08. The van der Waals surface area contributed by atoms with E-state index >= 15 is 0 Å². The molecule has 0 aliphatic rings. The number of rotatable bonds is 7. The minimum Gasteiger partial charge on any atom is -0.480 e. The smallest absolute Gasteiger partial charge is 0.325 e. The van der Waals surface area contributed by atoms with Crippen molar-refractivity contribution in [3.8, 4) is 0 Å². The van der Waals surface area contributed by atoms with Crippen LogP contribution in [-0.4, -0.2) is 39.3 Å². The number of carboxylic acid groups (broad SMARTS) is 1. The van der Waals surface area contributed by atoms with Crippen LogP contribution >= 0.6 is 11.3 Å². The maximum atomic E-state index is 11.5. The molecule has 0 bridgehead atoms. The maximum Gasteiger partial charge on any atom is 0.325 e. The Hall–Kier alpha value is -1.66. The maximum absolute atomic E-state index is 11.5. The Labute approximate surface area is 128 Å². The predicted molar refractivity (Wildman–Crippen MR) is 83.6 cm³/mol. The summed E-state index contributed by atoms with van der Waals surface area (Å²) < 4.78 is 1.98. The van der Waals surface area contributed by atoms with E-state index in [9.17, 15) is 9.90 Å². The lowest BCUT2D eigenvalue weighted by Crippen LogP contribution is -2.31. The molecule has 1 N–H and O–H groups in total.